The summed E-state index contributed by atoms with van der Waals surface area (Å²) < 4.78 is 1.20. The Balaban J connectivity index is 2.24. The van der Waals surface area contributed by atoms with Crippen LogP contribution in [0.2, 0.25) is 0 Å². The zero-order chi connectivity index (χ0) is 13.3. The van der Waals surface area contributed by atoms with E-state index >= 15 is 0 Å². The lowest BCUT2D eigenvalue weighted by Gasteiger charge is -2.34. The molecule has 1 saturated heterocycles. The van der Waals surface area contributed by atoms with Crippen molar-refractivity contribution in [3.8, 4) is 0 Å². The molecule has 1 unspecified atom stereocenters. The van der Waals surface area contributed by atoms with Crippen LogP contribution in [0, 0.1) is 12.8 Å². The van der Waals surface area contributed by atoms with E-state index in [1.54, 1.807) is 0 Å². The molecule has 0 spiro atoms. The number of benzene rings is 1. The van der Waals surface area contributed by atoms with Crippen molar-refractivity contribution >= 4 is 21.6 Å². The van der Waals surface area contributed by atoms with Gasteiger partial charge in [-0.05, 0) is 64.4 Å². The van der Waals surface area contributed by atoms with Crippen LogP contribution in [-0.4, -0.2) is 25.7 Å². The van der Waals surface area contributed by atoms with Gasteiger partial charge in [-0.25, -0.2) is 0 Å². The number of anilines is 1. The number of aryl methyl sites for hydroxylation is 1. The average molecular weight is 311 g/mol. The monoisotopic (exact) mass is 310 g/mol. The molecule has 0 amide bonds. The average Bonchev–Trinajstić information content (AvgIpc) is 2.58. The van der Waals surface area contributed by atoms with Crippen LogP contribution in [0.1, 0.15) is 25.8 Å². The van der Waals surface area contributed by atoms with E-state index in [4.69, 9.17) is 0 Å². The first kappa shape index (κ1) is 13.9. The van der Waals surface area contributed by atoms with Crippen LogP contribution >= 0.6 is 15.9 Å². The van der Waals surface area contributed by atoms with Crippen LogP contribution in [0.4, 0.5) is 5.69 Å². The van der Waals surface area contributed by atoms with E-state index in [1.165, 1.54) is 22.1 Å². The Labute approximate surface area is 119 Å². The highest BCUT2D eigenvalue weighted by Crippen LogP contribution is 2.37. The molecule has 1 aliphatic heterocycles. The summed E-state index contributed by atoms with van der Waals surface area (Å²) in [4.78, 5) is 2.54. The summed E-state index contributed by atoms with van der Waals surface area (Å²) in [6.07, 6.45) is 1.25. The quantitative estimate of drug-likeness (QED) is 0.918. The van der Waals surface area contributed by atoms with Crippen molar-refractivity contribution in [3.05, 3.63) is 28.2 Å². The molecule has 2 rings (SSSR count). The lowest BCUT2D eigenvalue weighted by Crippen LogP contribution is -2.38. The molecule has 2 nitrogen and oxygen atoms in total. The van der Waals surface area contributed by atoms with Gasteiger partial charge < -0.3 is 10.2 Å². The normalized spacial score (nSPS) is 22.5. The molecule has 1 fully saturated rings. The molecule has 1 atom stereocenters. The Morgan fingerprint density at radius 3 is 2.78 bits per heavy atom. The van der Waals surface area contributed by atoms with Crippen molar-refractivity contribution in [1.82, 2.24) is 5.32 Å². The van der Waals surface area contributed by atoms with Gasteiger partial charge in [-0.15, -0.1) is 0 Å². The molecule has 18 heavy (non-hydrogen) atoms. The Kier molecular flexibility index (Phi) is 4.02. The second-order valence-electron chi connectivity index (χ2n) is 5.98. The first-order chi connectivity index (χ1) is 8.44. The molecule has 1 aromatic rings. The fraction of sp³-hybridized carbons (Fsp3) is 0.600. The van der Waals surface area contributed by atoms with Gasteiger partial charge in [0, 0.05) is 22.2 Å². The molecular formula is C15H23BrN2. The third-order valence-electron chi connectivity index (χ3n) is 3.92. The van der Waals surface area contributed by atoms with Crippen molar-refractivity contribution in [2.24, 2.45) is 5.92 Å². The molecule has 100 valence electrons. The zero-order valence-electron chi connectivity index (χ0n) is 11.8. The van der Waals surface area contributed by atoms with Crippen LogP contribution in [0.3, 0.4) is 0 Å². The lowest BCUT2D eigenvalue weighted by atomic mass is 9.96. The van der Waals surface area contributed by atoms with Gasteiger partial charge in [-0.2, -0.15) is 0 Å². The van der Waals surface area contributed by atoms with E-state index in [0.29, 0.717) is 0 Å². The SMILES string of the molecule is CNCC1CN(c2ccc(C)c(Br)c2)C(C)(C)C1. The highest BCUT2D eigenvalue weighted by Gasteiger charge is 2.37. The standard InChI is InChI=1S/C15H23BrN2/c1-11-5-6-13(7-14(11)16)18-10-12(9-17-4)8-15(18,2)3/h5-7,12,17H,8-10H2,1-4H3. The number of rotatable bonds is 3. The predicted molar refractivity (Wildman–Crippen MR) is 82.3 cm³/mol. The Hall–Kier alpha value is -0.540. The second-order valence-corrected chi connectivity index (χ2v) is 6.84. The van der Waals surface area contributed by atoms with Crippen LogP contribution in [0.25, 0.3) is 0 Å². The molecular weight excluding hydrogens is 288 g/mol. The summed E-state index contributed by atoms with van der Waals surface area (Å²) in [6.45, 7) is 9.07. The molecule has 0 radical (unpaired) electrons. The van der Waals surface area contributed by atoms with Crippen LogP contribution in [-0.2, 0) is 0 Å². The van der Waals surface area contributed by atoms with Gasteiger partial charge in [0.1, 0.15) is 0 Å². The molecule has 1 heterocycles. The van der Waals surface area contributed by atoms with Gasteiger partial charge in [0.15, 0.2) is 0 Å². The van der Waals surface area contributed by atoms with Gasteiger partial charge in [0.25, 0.3) is 0 Å². The number of nitrogens with one attached hydrogen (secondary N) is 1. The fourth-order valence-electron chi connectivity index (χ4n) is 3.02. The zero-order valence-corrected chi connectivity index (χ0v) is 13.3. The van der Waals surface area contributed by atoms with Crippen molar-refractivity contribution in [1.29, 1.82) is 0 Å². The molecule has 1 aromatic carbocycles. The van der Waals surface area contributed by atoms with E-state index in [2.05, 4.69) is 65.1 Å². The van der Waals surface area contributed by atoms with Gasteiger partial charge in [-0.1, -0.05) is 22.0 Å². The number of halogens is 1. The van der Waals surface area contributed by atoms with Gasteiger partial charge in [0.2, 0.25) is 0 Å². The van der Waals surface area contributed by atoms with E-state index in [9.17, 15) is 0 Å². The molecule has 1 N–H and O–H groups in total. The number of hydrogen-bond donors (Lipinski definition) is 1. The van der Waals surface area contributed by atoms with E-state index < -0.39 is 0 Å². The third-order valence-corrected chi connectivity index (χ3v) is 4.77. The third kappa shape index (κ3) is 2.72. The minimum atomic E-state index is 0.246. The Morgan fingerprint density at radius 1 is 1.44 bits per heavy atom. The van der Waals surface area contributed by atoms with E-state index in [1.807, 2.05) is 7.05 Å². The molecule has 0 bridgehead atoms. The second kappa shape index (κ2) is 5.22. The number of hydrogen-bond acceptors (Lipinski definition) is 2. The smallest absolute Gasteiger partial charge is 0.0382 e. The summed E-state index contributed by atoms with van der Waals surface area (Å²) in [6, 6.07) is 6.68. The molecule has 0 aliphatic carbocycles. The van der Waals surface area contributed by atoms with E-state index in [0.717, 1.165) is 19.0 Å². The maximum Gasteiger partial charge on any atom is 0.0382 e. The van der Waals surface area contributed by atoms with Gasteiger partial charge in [0.05, 0.1) is 0 Å². The maximum atomic E-state index is 3.64. The summed E-state index contributed by atoms with van der Waals surface area (Å²) in [7, 11) is 2.04. The number of nitrogens with zero attached hydrogens (tertiary/aromatic N) is 1. The summed E-state index contributed by atoms with van der Waals surface area (Å²) in [5.74, 6) is 0.741. The highest BCUT2D eigenvalue weighted by molar-refractivity contribution is 9.10. The largest absolute Gasteiger partial charge is 0.366 e. The van der Waals surface area contributed by atoms with Crippen LogP contribution in [0.5, 0.6) is 0 Å². The minimum Gasteiger partial charge on any atom is -0.366 e. The first-order valence-corrected chi connectivity index (χ1v) is 7.42. The Bertz CT molecular complexity index is 429. The first-order valence-electron chi connectivity index (χ1n) is 6.62. The molecule has 1 aliphatic rings. The van der Waals surface area contributed by atoms with Gasteiger partial charge in [-0.3, -0.25) is 0 Å². The minimum absolute atomic E-state index is 0.246. The topological polar surface area (TPSA) is 15.3 Å². The summed E-state index contributed by atoms with van der Waals surface area (Å²) in [5, 5.41) is 3.30. The maximum absolute atomic E-state index is 3.64. The van der Waals surface area contributed by atoms with Crippen molar-refractivity contribution in [3.63, 3.8) is 0 Å². The molecule has 0 saturated carbocycles. The summed E-state index contributed by atoms with van der Waals surface area (Å²) in [5.41, 5.74) is 2.87. The lowest BCUT2D eigenvalue weighted by molar-refractivity contribution is 0.462. The predicted octanol–water partition coefficient (Wildman–Crippen LogP) is 3.58. The van der Waals surface area contributed by atoms with Crippen molar-refractivity contribution < 1.29 is 0 Å². The summed E-state index contributed by atoms with van der Waals surface area (Å²) >= 11 is 3.64. The van der Waals surface area contributed by atoms with Crippen molar-refractivity contribution in [2.75, 3.05) is 25.0 Å². The fourth-order valence-corrected chi connectivity index (χ4v) is 3.38. The van der Waals surface area contributed by atoms with Gasteiger partial charge >= 0.3 is 0 Å². The van der Waals surface area contributed by atoms with E-state index in [-0.39, 0.29) is 5.54 Å². The van der Waals surface area contributed by atoms with Crippen LogP contribution in [0.15, 0.2) is 22.7 Å². The Morgan fingerprint density at radius 2 is 2.17 bits per heavy atom. The van der Waals surface area contributed by atoms with Crippen LogP contribution < -0.4 is 10.2 Å². The highest BCUT2D eigenvalue weighted by atomic mass is 79.9. The molecule has 3 heteroatoms. The molecule has 0 aromatic heterocycles. The van der Waals surface area contributed by atoms with Crippen molar-refractivity contribution in [2.45, 2.75) is 32.7 Å².